The first-order chi connectivity index (χ1) is 11.2. The second-order valence-corrected chi connectivity index (χ2v) is 8.87. The molecule has 0 unspecified atom stereocenters. The fraction of sp³-hybridized carbons (Fsp3) is 0.529. The van der Waals surface area contributed by atoms with E-state index in [1.807, 2.05) is 24.3 Å². The lowest BCUT2D eigenvalue weighted by molar-refractivity contribution is -0.140. The van der Waals surface area contributed by atoms with Crippen LogP contribution in [0.15, 0.2) is 29.4 Å². The summed E-state index contributed by atoms with van der Waals surface area (Å²) >= 11 is 0. The second kappa shape index (κ2) is 6.93. The Balaban J connectivity index is 2.08. The third-order valence-electron chi connectivity index (χ3n) is 4.45. The number of carboxylic acid groups (broad SMARTS) is 1. The molecule has 1 aliphatic rings. The maximum atomic E-state index is 11.9. The van der Waals surface area contributed by atoms with E-state index in [1.54, 1.807) is 0 Å². The number of aliphatic carboxylic acids is 1. The molecule has 0 bridgehead atoms. The molecule has 0 spiro atoms. The highest BCUT2D eigenvalue weighted by Crippen LogP contribution is 2.29. The van der Waals surface area contributed by atoms with Gasteiger partial charge in [-0.05, 0) is 24.5 Å². The van der Waals surface area contributed by atoms with Crippen molar-refractivity contribution < 1.29 is 23.2 Å². The molecule has 1 aromatic carbocycles. The zero-order chi connectivity index (χ0) is 18.0. The zero-order valence-electron chi connectivity index (χ0n) is 14.2. The number of hydrogen-bond donors (Lipinski definition) is 1. The topological polar surface area (TPSA) is 93.0 Å². The van der Waals surface area contributed by atoms with E-state index in [9.17, 15) is 18.3 Å². The molecule has 0 radical (unpaired) electrons. The Labute approximate surface area is 142 Å². The van der Waals surface area contributed by atoms with Crippen LogP contribution in [0, 0.1) is 0 Å². The van der Waals surface area contributed by atoms with Crippen LogP contribution in [0.4, 0.5) is 0 Å². The molecular weight excluding hydrogens is 330 g/mol. The van der Waals surface area contributed by atoms with Gasteiger partial charge in [-0.1, -0.05) is 42.8 Å². The summed E-state index contributed by atoms with van der Waals surface area (Å²) in [7, 11) is -3.78. The molecule has 0 saturated heterocycles. The van der Waals surface area contributed by atoms with Gasteiger partial charge in [-0.25, -0.2) is 8.42 Å². The normalized spacial score (nSPS) is 20.1. The van der Waals surface area contributed by atoms with Crippen molar-refractivity contribution in [2.24, 2.45) is 5.16 Å². The van der Waals surface area contributed by atoms with E-state index in [0.29, 0.717) is 12.1 Å². The van der Waals surface area contributed by atoms with Gasteiger partial charge in [-0.3, -0.25) is 4.79 Å². The van der Waals surface area contributed by atoms with E-state index in [2.05, 4.69) is 12.1 Å². The van der Waals surface area contributed by atoms with Crippen LogP contribution >= 0.6 is 0 Å². The molecule has 1 heterocycles. The van der Waals surface area contributed by atoms with Gasteiger partial charge in [0.2, 0.25) is 0 Å². The van der Waals surface area contributed by atoms with Crippen molar-refractivity contribution in [3.8, 4) is 0 Å². The number of rotatable bonds is 7. The molecule has 1 aromatic rings. The molecule has 7 heteroatoms. The van der Waals surface area contributed by atoms with Gasteiger partial charge in [0.25, 0.3) is 0 Å². The van der Waals surface area contributed by atoms with Crippen molar-refractivity contribution in [1.82, 2.24) is 0 Å². The Morgan fingerprint density at radius 1 is 1.38 bits per heavy atom. The number of benzene rings is 1. The highest BCUT2D eigenvalue weighted by molar-refractivity contribution is 7.92. The molecule has 24 heavy (non-hydrogen) atoms. The average molecular weight is 353 g/mol. The summed E-state index contributed by atoms with van der Waals surface area (Å²) in [5, 5.41) is 13.3. The fourth-order valence-corrected chi connectivity index (χ4v) is 3.50. The molecule has 2 rings (SSSR count). The van der Waals surface area contributed by atoms with Gasteiger partial charge < -0.3 is 9.94 Å². The molecule has 0 amide bonds. The summed E-state index contributed by atoms with van der Waals surface area (Å²) in [4.78, 5) is 16.7. The van der Waals surface area contributed by atoms with Crippen LogP contribution < -0.4 is 0 Å². The SMILES string of the molecule is CCCc1ccc(C2=NO[C@@H](C[C@](C)(C(=O)O)S(C)(=O)=O)C2)cc1. The maximum Gasteiger partial charge on any atom is 0.324 e. The first-order valence-electron chi connectivity index (χ1n) is 7.92. The van der Waals surface area contributed by atoms with Crippen LogP contribution in [0.5, 0.6) is 0 Å². The van der Waals surface area contributed by atoms with Gasteiger partial charge in [0, 0.05) is 19.1 Å². The van der Waals surface area contributed by atoms with E-state index in [1.165, 1.54) is 12.5 Å². The van der Waals surface area contributed by atoms with Crippen LogP contribution in [0.3, 0.4) is 0 Å². The second-order valence-electron chi connectivity index (χ2n) is 6.43. The van der Waals surface area contributed by atoms with E-state index < -0.39 is 26.7 Å². The predicted molar refractivity (Wildman–Crippen MR) is 92.0 cm³/mol. The van der Waals surface area contributed by atoms with E-state index >= 15 is 0 Å². The van der Waals surface area contributed by atoms with Crippen molar-refractivity contribution in [3.05, 3.63) is 35.4 Å². The monoisotopic (exact) mass is 353 g/mol. The number of hydrogen-bond acceptors (Lipinski definition) is 5. The molecule has 0 aliphatic carbocycles. The summed E-state index contributed by atoms with van der Waals surface area (Å²) in [6, 6.07) is 7.99. The Kier molecular flexibility index (Phi) is 5.32. The molecule has 0 fully saturated rings. The maximum absolute atomic E-state index is 11.9. The van der Waals surface area contributed by atoms with Gasteiger partial charge in [-0.15, -0.1) is 0 Å². The summed E-state index contributed by atoms with van der Waals surface area (Å²) in [6.45, 7) is 3.33. The quantitative estimate of drug-likeness (QED) is 0.812. The van der Waals surface area contributed by atoms with Crippen LogP contribution in [-0.4, -0.2) is 42.3 Å². The lowest BCUT2D eigenvalue weighted by Gasteiger charge is -2.24. The molecule has 0 saturated carbocycles. The predicted octanol–water partition coefficient (Wildman–Crippen LogP) is 2.41. The van der Waals surface area contributed by atoms with Gasteiger partial charge in [0.15, 0.2) is 14.6 Å². The van der Waals surface area contributed by atoms with Crippen LogP contribution in [0.2, 0.25) is 0 Å². The van der Waals surface area contributed by atoms with E-state index in [4.69, 9.17) is 4.84 Å². The van der Waals surface area contributed by atoms with Crippen LogP contribution in [0.25, 0.3) is 0 Å². The van der Waals surface area contributed by atoms with Crippen molar-refractivity contribution in [2.45, 2.75) is 50.4 Å². The number of sulfone groups is 1. The van der Waals surface area contributed by atoms with E-state index in [0.717, 1.165) is 24.7 Å². The third-order valence-corrected chi connectivity index (χ3v) is 6.42. The van der Waals surface area contributed by atoms with Crippen molar-refractivity contribution in [1.29, 1.82) is 0 Å². The summed E-state index contributed by atoms with van der Waals surface area (Å²) in [5.41, 5.74) is 2.87. The van der Waals surface area contributed by atoms with Crippen LogP contribution in [0.1, 0.15) is 44.2 Å². The first kappa shape index (κ1) is 18.4. The lowest BCUT2D eigenvalue weighted by atomic mass is 9.96. The van der Waals surface area contributed by atoms with Crippen molar-refractivity contribution in [2.75, 3.05) is 6.26 Å². The highest BCUT2D eigenvalue weighted by Gasteiger charge is 2.47. The Morgan fingerprint density at radius 2 is 2.00 bits per heavy atom. The lowest BCUT2D eigenvalue weighted by Crippen LogP contribution is -2.45. The van der Waals surface area contributed by atoms with Crippen molar-refractivity contribution >= 4 is 21.5 Å². The van der Waals surface area contributed by atoms with Crippen LogP contribution in [-0.2, 0) is 25.9 Å². The Morgan fingerprint density at radius 3 is 2.50 bits per heavy atom. The number of nitrogens with zero attached hydrogens (tertiary/aromatic N) is 1. The fourth-order valence-electron chi connectivity index (χ4n) is 2.69. The van der Waals surface area contributed by atoms with E-state index in [-0.39, 0.29) is 6.42 Å². The molecular formula is C17H23NO5S. The number of carboxylic acids is 1. The molecule has 6 nitrogen and oxygen atoms in total. The smallest absolute Gasteiger partial charge is 0.324 e. The number of aryl methyl sites for hydroxylation is 1. The molecule has 0 aromatic heterocycles. The molecule has 132 valence electrons. The Bertz CT molecular complexity index is 739. The van der Waals surface area contributed by atoms with Gasteiger partial charge in [0.1, 0.15) is 6.10 Å². The average Bonchev–Trinajstić information content (AvgIpc) is 2.95. The minimum Gasteiger partial charge on any atom is -0.480 e. The molecule has 1 N–H and O–H groups in total. The van der Waals surface area contributed by atoms with Crippen molar-refractivity contribution in [3.63, 3.8) is 0 Å². The third kappa shape index (κ3) is 3.77. The van der Waals surface area contributed by atoms with Gasteiger partial charge in [-0.2, -0.15) is 0 Å². The minimum atomic E-state index is -3.78. The minimum absolute atomic E-state index is 0.137. The summed E-state index contributed by atoms with van der Waals surface area (Å²) < 4.78 is 21.8. The zero-order valence-corrected chi connectivity index (χ0v) is 15.0. The van der Waals surface area contributed by atoms with Gasteiger partial charge in [0.05, 0.1) is 5.71 Å². The summed E-state index contributed by atoms with van der Waals surface area (Å²) in [6.07, 6.45) is 2.71. The number of carbonyl (C=O) groups is 1. The molecule has 2 atom stereocenters. The largest absolute Gasteiger partial charge is 0.480 e. The molecule has 1 aliphatic heterocycles. The van der Waals surface area contributed by atoms with Gasteiger partial charge >= 0.3 is 5.97 Å². The standard InChI is InChI=1S/C17H23NO5S/c1-4-5-12-6-8-13(9-7-12)15-10-14(23-18-15)11-17(2,16(19)20)24(3,21)22/h6-9,14H,4-5,10-11H2,1-3H3,(H,19,20)/t14-,17-/m1/s1. The Hall–Kier alpha value is -1.89. The first-order valence-corrected chi connectivity index (χ1v) is 9.81. The number of oxime groups is 1. The highest BCUT2D eigenvalue weighted by atomic mass is 32.2. The summed E-state index contributed by atoms with van der Waals surface area (Å²) in [5.74, 6) is -1.37.